The fourth-order valence-electron chi connectivity index (χ4n) is 0.655. The molecule has 0 fully saturated rings. The van der Waals surface area contributed by atoms with Crippen LogP contribution in [0.25, 0.3) is 11.9 Å². The first-order chi connectivity index (χ1) is 6.43. The van der Waals surface area contributed by atoms with Crippen molar-refractivity contribution in [2.24, 2.45) is 0 Å². The average molecular weight is 1080 g/mol. The number of aliphatic hydroxyl groups excluding tert-OH is 1. The van der Waals surface area contributed by atoms with Crippen LogP contribution in [0.2, 0.25) is 0 Å². The zero-order valence-electron chi connectivity index (χ0n) is 10.6. The minimum atomic E-state index is -1.50. The quantitative estimate of drug-likeness (QED) is 0.129. The third-order valence-corrected chi connectivity index (χ3v) is 1.21. The predicted octanol–water partition coefficient (Wildman–Crippen LogP) is -1.72. The number of nitrogens with one attached hydrogen (secondary N) is 1. The molecule has 0 atom stereocenters. The zero-order valence-corrected chi connectivity index (χ0v) is 26.8. The molecule has 15 radical (unpaired) electrons. The van der Waals surface area contributed by atoms with Gasteiger partial charge in [-0.2, -0.15) is 0 Å². The van der Waals surface area contributed by atoms with Crippen molar-refractivity contribution in [1.29, 1.82) is 0 Å². The van der Waals surface area contributed by atoms with Gasteiger partial charge >= 0.3 is 27.3 Å². The van der Waals surface area contributed by atoms with E-state index in [0.29, 0.717) is 11.3 Å². The molecule has 0 bridgehead atoms. The first-order valence-electron chi connectivity index (χ1n) is 3.44. The average Bonchev–Trinajstić information content (AvgIpc) is 2.03. The van der Waals surface area contributed by atoms with Crippen molar-refractivity contribution in [2.45, 2.75) is 6.29 Å². The molecule has 21 heavy (non-hydrogen) atoms. The molecule has 119 valence electrons. The minimum Gasteiger partial charge on any atom is 0 e. The van der Waals surface area contributed by atoms with Crippen molar-refractivity contribution >= 4 is 115 Å². The summed E-state index contributed by atoms with van der Waals surface area (Å²) in [4.78, 5) is 8.36. The molecule has 0 aliphatic rings. The standard InChI is InChI=1S/C7H8NO2.HNO3.H2N.2H2O.4Pb.H/c8-6-3-1-5(2-4-6)7(9)10;2-1(3)4;;;;;;;;/h1-4,7-10H;(H,2,3,4);3*1H2;;;;;/q-1;;-1;;;;;;;. The summed E-state index contributed by atoms with van der Waals surface area (Å²) in [6.07, 6.45) is -1.43. The van der Waals surface area contributed by atoms with E-state index in [4.69, 9.17) is 31.3 Å². The van der Waals surface area contributed by atoms with Gasteiger partial charge in [0.25, 0.3) is 5.09 Å². The molecule has 0 saturated carbocycles. The summed E-state index contributed by atoms with van der Waals surface area (Å²) in [7, 11) is 0. The topological polar surface area (TPSA) is 224 Å². The zero-order chi connectivity index (χ0) is 11.1. The third kappa shape index (κ3) is 34.2. The van der Waals surface area contributed by atoms with Crippen LogP contribution in [-0.4, -0.2) is 141 Å². The fraction of sp³-hybridized carbons (Fsp3) is 0.143. The summed E-state index contributed by atoms with van der Waals surface area (Å²) in [5.41, 5.74) is 7.85. The summed E-state index contributed by atoms with van der Waals surface area (Å²) >= 11 is 0. The molecule has 0 aliphatic carbocycles. The molecule has 0 saturated heterocycles. The largest absolute Gasteiger partial charge is 0 e. The van der Waals surface area contributed by atoms with Crippen LogP contribution in [-0.2, 0) is 0 Å². The van der Waals surface area contributed by atoms with Crippen LogP contribution in [0.15, 0.2) is 24.3 Å². The van der Waals surface area contributed by atoms with Crippen molar-refractivity contribution in [3.63, 3.8) is 0 Å². The van der Waals surface area contributed by atoms with Gasteiger partial charge in [0.15, 0.2) is 6.29 Å². The minimum absolute atomic E-state index is 0. The van der Waals surface area contributed by atoms with E-state index in [1.54, 1.807) is 0 Å². The Bertz CT molecular complexity index is 301. The van der Waals surface area contributed by atoms with E-state index in [-0.39, 0.29) is 126 Å². The monoisotopic (exact) mass is 1090 g/mol. The second-order valence-corrected chi connectivity index (χ2v) is 2.23. The molecule has 10 N–H and O–H groups in total. The van der Waals surface area contributed by atoms with E-state index < -0.39 is 11.4 Å². The van der Waals surface area contributed by atoms with E-state index in [2.05, 4.69) is 0 Å². The molecule has 0 unspecified atom stereocenters. The summed E-state index contributed by atoms with van der Waals surface area (Å²) in [5, 5.41) is 30.9. The van der Waals surface area contributed by atoms with Gasteiger partial charge in [-0.25, -0.2) is 0 Å². The molecular weight excluding hydrogens is 1070 g/mol. The third-order valence-electron chi connectivity index (χ3n) is 1.21. The second-order valence-electron chi connectivity index (χ2n) is 2.23. The maximum atomic E-state index is 8.61. The summed E-state index contributed by atoms with van der Waals surface area (Å²) in [6, 6.07) is 6.03. The molecule has 14 heteroatoms. The number of rotatable bonds is 1. The van der Waals surface area contributed by atoms with Crippen molar-refractivity contribution in [1.82, 2.24) is 0 Å². The van der Waals surface area contributed by atoms with Gasteiger partial charge in [0.05, 0.1) is 0 Å². The molecule has 0 spiro atoms. The van der Waals surface area contributed by atoms with Gasteiger partial charge in [0.1, 0.15) is 0 Å². The molecule has 0 amide bonds. The Morgan fingerprint density at radius 3 is 1.48 bits per heavy atom. The number of nitrogens with two attached hydrogens (primary N) is 1. The van der Waals surface area contributed by atoms with Gasteiger partial charge in [-0.15, -0.1) is 15.8 Å². The van der Waals surface area contributed by atoms with Crippen molar-refractivity contribution in [3.05, 3.63) is 51.8 Å². The SMILES string of the molecule is O.O.O=[N+]([O-])O.[NH-]c1ccc(C(O)O)cc1.[NH2-].[PbH].[Pb].[Pb].[Pb]. The van der Waals surface area contributed by atoms with Crippen LogP contribution < -0.4 is 0 Å². The first kappa shape index (κ1) is 49.5. The van der Waals surface area contributed by atoms with Gasteiger partial charge in [0.2, 0.25) is 0 Å². The Hall–Kier alpha value is 1.71. The Morgan fingerprint density at radius 2 is 1.29 bits per heavy atom. The first-order valence-corrected chi connectivity index (χ1v) is 3.44. The Balaban J connectivity index is -0.0000000235. The van der Waals surface area contributed by atoms with Crippen molar-refractivity contribution < 1.29 is 31.5 Å². The normalized spacial score (nSPS) is 6.05. The van der Waals surface area contributed by atoms with Gasteiger partial charge in [-0.05, 0) is 0 Å². The molecule has 1 rings (SSSR count). The molecule has 10 nitrogen and oxygen atoms in total. The van der Waals surface area contributed by atoms with Crippen molar-refractivity contribution in [2.75, 3.05) is 0 Å². The molecule has 0 aliphatic heterocycles. The molecular formula is C7H16N3O7Pb4-2. The second kappa shape index (κ2) is 29.7. The van der Waals surface area contributed by atoms with Gasteiger partial charge in [-0.3, -0.25) is 0 Å². The van der Waals surface area contributed by atoms with E-state index in [0.717, 1.165) is 0 Å². The van der Waals surface area contributed by atoms with E-state index in [9.17, 15) is 0 Å². The molecule has 0 aromatic heterocycles. The number of hydrogen-bond acceptors (Lipinski definition) is 4. The number of nitrogens with zero attached hydrogens (tertiary/aromatic N) is 1. The van der Waals surface area contributed by atoms with E-state index in [1.807, 2.05) is 0 Å². The fourth-order valence-corrected chi connectivity index (χ4v) is 0.655. The maximum absolute atomic E-state index is 8.61. The van der Waals surface area contributed by atoms with Crippen LogP contribution in [0.1, 0.15) is 11.9 Å². The van der Waals surface area contributed by atoms with Crippen LogP contribution >= 0.6 is 0 Å². The number of hydrogen-bond donors (Lipinski definition) is 3. The molecule has 1 aromatic carbocycles. The molecule has 1 aromatic rings. The van der Waals surface area contributed by atoms with Gasteiger partial charge in [0, 0.05) is 87.5 Å². The van der Waals surface area contributed by atoms with Gasteiger partial charge in [-0.1, -0.05) is 24.3 Å². The van der Waals surface area contributed by atoms with E-state index >= 15 is 0 Å². The molecule has 0 heterocycles. The Labute approximate surface area is 201 Å². The van der Waals surface area contributed by atoms with Crippen LogP contribution in [0.4, 0.5) is 5.69 Å². The van der Waals surface area contributed by atoms with Crippen molar-refractivity contribution in [3.8, 4) is 0 Å². The number of benzene rings is 1. The number of aliphatic hydroxyl groups is 2. The maximum Gasteiger partial charge on any atom is 0 e. The Morgan fingerprint density at radius 1 is 1.05 bits per heavy atom. The van der Waals surface area contributed by atoms with Gasteiger partial charge < -0.3 is 38.3 Å². The summed E-state index contributed by atoms with van der Waals surface area (Å²) < 4.78 is 0. The van der Waals surface area contributed by atoms with E-state index in [1.165, 1.54) is 24.3 Å². The van der Waals surface area contributed by atoms with Crippen LogP contribution in [0.3, 0.4) is 0 Å². The summed E-state index contributed by atoms with van der Waals surface area (Å²) in [6.45, 7) is 0. The summed E-state index contributed by atoms with van der Waals surface area (Å²) in [5.74, 6) is 0. The van der Waals surface area contributed by atoms with Crippen LogP contribution in [0.5, 0.6) is 0 Å². The predicted molar refractivity (Wildman–Crippen MR) is 83.3 cm³/mol. The smallest absolute Gasteiger partial charge is 0 e. The van der Waals surface area contributed by atoms with Crippen LogP contribution in [0, 0.1) is 10.1 Å². The Kier molecular flexibility index (Phi) is 69.9.